The predicted molar refractivity (Wildman–Crippen MR) is 89.5 cm³/mol. The van der Waals surface area contributed by atoms with Gasteiger partial charge in [-0.15, -0.1) is 0 Å². The number of carbonyl (C=O) groups excluding carboxylic acids is 2. The number of fused-ring (bicyclic) bond motifs is 1. The standard InChI is InChI=1S/C19H18O6/c1-23-16-5-3-11(8-15(16)19(22)24-2)7-12-10-25-17-6-4-13(20)9-14(17)18(12)21/h3-6,8-9,12,20H,7,10H2,1-2H3. The minimum atomic E-state index is -0.500. The maximum Gasteiger partial charge on any atom is 0.341 e. The highest BCUT2D eigenvalue weighted by Crippen LogP contribution is 2.32. The number of methoxy groups -OCH3 is 2. The fourth-order valence-electron chi connectivity index (χ4n) is 2.91. The van der Waals surface area contributed by atoms with Gasteiger partial charge < -0.3 is 19.3 Å². The molecule has 0 aromatic heterocycles. The molecule has 2 aromatic rings. The van der Waals surface area contributed by atoms with Crippen LogP contribution in [-0.4, -0.2) is 37.7 Å². The second-order valence-corrected chi connectivity index (χ2v) is 5.78. The quantitative estimate of drug-likeness (QED) is 0.860. The number of phenols is 1. The van der Waals surface area contributed by atoms with Crippen LogP contribution >= 0.6 is 0 Å². The fourth-order valence-corrected chi connectivity index (χ4v) is 2.91. The zero-order valence-electron chi connectivity index (χ0n) is 13.9. The highest BCUT2D eigenvalue weighted by Gasteiger charge is 2.29. The topological polar surface area (TPSA) is 82.1 Å². The SMILES string of the molecule is COC(=O)c1cc(CC2COc3ccc(O)cc3C2=O)ccc1OC. The van der Waals surface area contributed by atoms with E-state index in [0.717, 1.165) is 5.56 Å². The summed E-state index contributed by atoms with van der Waals surface area (Å²) in [5.74, 6) is -0.0733. The van der Waals surface area contributed by atoms with Gasteiger partial charge in [0.25, 0.3) is 0 Å². The van der Waals surface area contributed by atoms with Gasteiger partial charge in [-0.25, -0.2) is 4.79 Å². The number of aromatic hydroxyl groups is 1. The van der Waals surface area contributed by atoms with Crippen LogP contribution in [0.3, 0.4) is 0 Å². The Balaban J connectivity index is 1.86. The van der Waals surface area contributed by atoms with Crippen molar-refractivity contribution in [1.82, 2.24) is 0 Å². The summed E-state index contributed by atoms with van der Waals surface area (Å²) in [6.45, 7) is 0.246. The number of Topliss-reactive ketones (excluding diaryl/α,β-unsaturated/α-hetero) is 1. The minimum absolute atomic E-state index is 0.0220. The van der Waals surface area contributed by atoms with Crippen molar-refractivity contribution in [2.45, 2.75) is 6.42 Å². The van der Waals surface area contributed by atoms with Crippen molar-refractivity contribution in [3.63, 3.8) is 0 Å². The van der Waals surface area contributed by atoms with Gasteiger partial charge in [0.1, 0.15) is 22.8 Å². The Morgan fingerprint density at radius 2 is 2.04 bits per heavy atom. The van der Waals surface area contributed by atoms with Crippen LogP contribution in [0.25, 0.3) is 0 Å². The number of phenolic OH excluding ortho intramolecular Hbond substituents is 1. The fraction of sp³-hybridized carbons (Fsp3) is 0.263. The third-order valence-corrected chi connectivity index (χ3v) is 4.19. The first-order valence-electron chi connectivity index (χ1n) is 7.78. The molecule has 1 unspecified atom stereocenters. The summed E-state index contributed by atoms with van der Waals surface area (Å²) >= 11 is 0. The largest absolute Gasteiger partial charge is 0.508 e. The van der Waals surface area contributed by atoms with E-state index in [2.05, 4.69) is 0 Å². The lowest BCUT2D eigenvalue weighted by Crippen LogP contribution is -2.29. The van der Waals surface area contributed by atoms with Crippen LogP contribution in [0.2, 0.25) is 0 Å². The monoisotopic (exact) mass is 342 g/mol. The molecule has 1 aliphatic rings. The first-order chi connectivity index (χ1) is 12.0. The molecular weight excluding hydrogens is 324 g/mol. The van der Waals surface area contributed by atoms with Crippen molar-refractivity contribution in [2.75, 3.05) is 20.8 Å². The number of carbonyl (C=O) groups is 2. The maximum atomic E-state index is 12.7. The van der Waals surface area contributed by atoms with E-state index >= 15 is 0 Å². The first-order valence-corrected chi connectivity index (χ1v) is 7.78. The van der Waals surface area contributed by atoms with Crippen LogP contribution in [0.1, 0.15) is 26.3 Å². The number of hydrogen-bond acceptors (Lipinski definition) is 6. The summed E-state index contributed by atoms with van der Waals surface area (Å²) in [5, 5.41) is 9.59. The van der Waals surface area contributed by atoms with Crippen LogP contribution < -0.4 is 9.47 Å². The Bertz CT molecular complexity index is 827. The summed E-state index contributed by atoms with van der Waals surface area (Å²) in [6.07, 6.45) is 0.405. The molecule has 0 bridgehead atoms. The Kier molecular flexibility index (Phi) is 4.61. The Morgan fingerprint density at radius 3 is 2.76 bits per heavy atom. The van der Waals surface area contributed by atoms with Gasteiger partial charge in [0.2, 0.25) is 0 Å². The molecule has 0 saturated carbocycles. The van der Waals surface area contributed by atoms with Gasteiger partial charge in [-0.1, -0.05) is 6.07 Å². The van der Waals surface area contributed by atoms with Crippen molar-refractivity contribution in [3.8, 4) is 17.2 Å². The Morgan fingerprint density at radius 1 is 1.24 bits per heavy atom. The highest BCUT2D eigenvalue weighted by atomic mass is 16.5. The molecule has 1 N–H and O–H groups in total. The lowest BCUT2D eigenvalue weighted by atomic mass is 9.89. The van der Waals surface area contributed by atoms with E-state index in [1.54, 1.807) is 24.3 Å². The molecule has 1 aliphatic heterocycles. The number of rotatable bonds is 4. The summed E-state index contributed by atoms with van der Waals surface area (Å²) < 4.78 is 15.6. The Hall–Kier alpha value is -3.02. The average molecular weight is 342 g/mol. The van der Waals surface area contributed by atoms with E-state index in [0.29, 0.717) is 29.0 Å². The van der Waals surface area contributed by atoms with Gasteiger partial charge in [-0.2, -0.15) is 0 Å². The molecular formula is C19H18O6. The number of ketones is 1. The average Bonchev–Trinajstić information content (AvgIpc) is 2.63. The molecule has 1 atom stereocenters. The molecule has 3 rings (SSSR count). The van der Waals surface area contributed by atoms with Crippen molar-refractivity contribution in [2.24, 2.45) is 5.92 Å². The van der Waals surface area contributed by atoms with Crippen LogP contribution in [0, 0.1) is 5.92 Å². The second-order valence-electron chi connectivity index (χ2n) is 5.78. The molecule has 0 spiro atoms. The molecule has 0 saturated heterocycles. The van der Waals surface area contributed by atoms with Crippen molar-refractivity contribution in [1.29, 1.82) is 0 Å². The highest BCUT2D eigenvalue weighted by molar-refractivity contribution is 6.01. The van der Waals surface area contributed by atoms with E-state index in [1.807, 2.05) is 0 Å². The number of benzene rings is 2. The van der Waals surface area contributed by atoms with Crippen LogP contribution in [0.15, 0.2) is 36.4 Å². The predicted octanol–water partition coefficient (Wildman–Crippen LogP) is 2.62. The molecule has 1 heterocycles. The Labute approximate surface area is 144 Å². The van der Waals surface area contributed by atoms with Gasteiger partial charge in [0, 0.05) is 0 Å². The van der Waals surface area contributed by atoms with Crippen LogP contribution in [0.5, 0.6) is 17.2 Å². The summed E-state index contributed by atoms with van der Waals surface area (Å²) in [6, 6.07) is 9.62. The third kappa shape index (κ3) is 3.28. The number of esters is 1. The van der Waals surface area contributed by atoms with E-state index in [4.69, 9.17) is 14.2 Å². The van der Waals surface area contributed by atoms with E-state index in [9.17, 15) is 14.7 Å². The number of ether oxygens (including phenoxy) is 3. The van der Waals surface area contributed by atoms with Gasteiger partial charge in [0.05, 0.1) is 32.3 Å². The number of hydrogen-bond donors (Lipinski definition) is 1. The first kappa shape index (κ1) is 16.8. The van der Waals surface area contributed by atoms with Gasteiger partial charge in [-0.3, -0.25) is 4.79 Å². The molecule has 0 aliphatic carbocycles. The zero-order chi connectivity index (χ0) is 18.0. The second kappa shape index (κ2) is 6.84. The molecule has 25 heavy (non-hydrogen) atoms. The minimum Gasteiger partial charge on any atom is -0.508 e. The molecule has 0 fully saturated rings. The summed E-state index contributed by atoms with van der Waals surface area (Å²) in [4.78, 5) is 24.5. The lowest BCUT2D eigenvalue weighted by Gasteiger charge is -2.24. The van der Waals surface area contributed by atoms with Gasteiger partial charge >= 0.3 is 5.97 Å². The van der Waals surface area contributed by atoms with Crippen molar-refractivity contribution < 1.29 is 28.9 Å². The molecule has 2 aromatic carbocycles. The third-order valence-electron chi connectivity index (χ3n) is 4.19. The van der Waals surface area contributed by atoms with E-state index in [1.165, 1.54) is 26.4 Å². The van der Waals surface area contributed by atoms with Crippen molar-refractivity contribution in [3.05, 3.63) is 53.1 Å². The molecule has 130 valence electrons. The van der Waals surface area contributed by atoms with E-state index < -0.39 is 11.9 Å². The van der Waals surface area contributed by atoms with Crippen LogP contribution in [0.4, 0.5) is 0 Å². The van der Waals surface area contributed by atoms with E-state index in [-0.39, 0.29) is 18.1 Å². The van der Waals surface area contributed by atoms with Gasteiger partial charge in [0.15, 0.2) is 5.78 Å². The summed E-state index contributed by atoms with van der Waals surface area (Å²) in [7, 11) is 2.78. The molecule has 6 nitrogen and oxygen atoms in total. The lowest BCUT2D eigenvalue weighted by molar-refractivity contribution is 0.0597. The molecule has 6 heteroatoms. The normalized spacial score (nSPS) is 15.9. The molecule has 0 amide bonds. The van der Waals surface area contributed by atoms with Crippen LogP contribution in [-0.2, 0) is 11.2 Å². The molecule has 0 radical (unpaired) electrons. The maximum absolute atomic E-state index is 12.7. The van der Waals surface area contributed by atoms with Gasteiger partial charge in [-0.05, 0) is 42.3 Å². The smallest absolute Gasteiger partial charge is 0.341 e. The van der Waals surface area contributed by atoms with Crippen molar-refractivity contribution >= 4 is 11.8 Å². The zero-order valence-corrected chi connectivity index (χ0v) is 13.9. The summed E-state index contributed by atoms with van der Waals surface area (Å²) in [5.41, 5.74) is 1.48.